The number of nitrogens with zero attached hydrogens (tertiary/aromatic N) is 1. The molecule has 1 N–H and O–H groups in total. The predicted molar refractivity (Wildman–Crippen MR) is 110 cm³/mol. The average molecular weight is 415 g/mol. The maximum Gasteiger partial charge on any atom is 0.219 e. The second-order valence-corrected chi connectivity index (χ2v) is 11.0. The summed E-state index contributed by atoms with van der Waals surface area (Å²) in [5.41, 5.74) is 0. The zero-order chi connectivity index (χ0) is 20.1. The number of nitrogens with one attached hydrogen (secondary N) is 1. The van der Waals surface area contributed by atoms with Gasteiger partial charge in [0.25, 0.3) is 0 Å². The molecular weight excluding hydrogens is 376 g/mol. The molecule has 2 atom stereocenters. The van der Waals surface area contributed by atoms with Crippen LogP contribution < -0.4 is 4.72 Å². The second-order valence-electron chi connectivity index (χ2n) is 9.19. The lowest BCUT2D eigenvalue weighted by Gasteiger charge is -2.42. The minimum atomic E-state index is -3.31. The standard InChI is InChI=1S/C21H38N2O4S/c1-16(24)23-14-6-9-20(22-28(2,25)26)21(23)15-27-19-12-10-18(11-13-19)17-7-4-3-5-8-17/h17-22H,3-15H2,1-2H3/t18?,19?,20-,21-/m0/s1. The van der Waals surface area contributed by atoms with Gasteiger partial charge < -0.3 is 9.64 Å². The van der Waals surface area contributed by atoms with E-state index in [1.807, 2.05) is 0 Å². The number of carbonyl (C=O) groups excluding carboxylic acids is 1. The maximum absolute atomic E-state index is 12.1. The molecule has 0 aromatic heterocycles. The lowest BCUT2D eigenvalue weighted by atomic mass is 9.73. The highest BCUT2D eigenvalue weighted by molar-refractivity contribution is 7.88. The van der Waals surface area contributed by atoms with Crippen molar-refractivity contribution in [3.63, 3.8) is 0 Å². The average Bonchev–Trinajstić information content (AvgIpc) is 2.66. The van der Waals surface area contributed by atoms with E-state index in [0.29, 0.717) is 13.2 Å². The molecule has 0 aromatic rings. The van der Waals surface area contributed by atoms with Crippen LogP contribution in [0.1, 0.15) is 77.6 Å². The first-order chi connectivity index (χ1) is 13.3. The molecule has 0 unspecified atom stereocenters. The van der Waals surface area contributed by atoms with E-state index in [0.717, 1.165) is 37.5 Å². The zero-order valence-corrected chi connectivity index (χ0v) is 18.4. The van der Waals surface area contributed by atoms with Gasteiger partial charge in [-0.05, 0) is 50.4 Å². The Hall–Kier alpha value is -0.660. The minimum Gasteiger partial charge on any atom is -0.376 e. The number of ether oxygens (including phenoxy) is 1. The summed E-state index contributed by atoms with van der Waals surface area (Å²) in [6.07, 6.45) is 14.7. The summed E-state index contributed by atoms with van der Waals surface area (Å²) in [5.74, 6) is 1.78. The zero-order valence-electron chi connectivity index (χ0n) is 17.6. The highest BCUT2D eigenvalue weighted by Gasteiger charge is 2.36. The molecule has 7 heteroatoms. The lowest BCUT2D eigenvalue weighted by Crippen LogP contribution is -2.58. The van der Waals surface area contributed by atoms with E-state index in [-0.39, 0.29) is 24.1 Å². The Balaban J connectivity index is 1.52. The summed E-state index contributed by atoms with van der Waals surface area (Å²) in [4.78, 5) is 13.9. The fourth-order valence-corrected chi connectivity index (χ4v) is 6.46. The van der Waals surface area contributed by atoms with Crippen LogP contribution in [0.2, 0.25) is 0 Å². The molecule has 2 aliphatic carbocycles. The SMILES string of the molecule is CC(=O)N1CCC[C@H](NS(C)(=O)=O)[C@@H]1COC1CCC(C2CCCCC2)CC1. The molecule has 28 heavy (non-hydrogen) atoms. The van der Waals surface area contributed by atoms with Gasteiger partial charge in [0.15, 0.2) is 0 Å². The third-order valence-electron chi connectivity index (χ3n) is 7.09. The molecule has 1 amide bonds. The van der Waals surface area contributed by atoms with E-state index < -0.39 is 10.0 Å². The third kappa shape index (κ3) is 6.17. The summed E-state index contributed by atoms with van der Waals surface area (Å²) >= 11 is 0. The number of sulfonamides is 1. The van der Waals surface area contributed by atoms with Crippen LogP contribution in [-0.4, -0.2) is 56.8 Å². The van der Waals surface area contributed by atoms with Crippen molar-refractivity contribution < 1.29 is 17.9 Å². The van der Waals surface area contributed by atoms with Crippen LogP contribution >= 0.6 is 0 Å². The normalized spacial score (nSPS) is 33.0. The third-order valence-corrected chi connectivity index (χ3v) is 7.82. The van der Waals surface area contributed by atoms with Crippen LogP contribution in [0.3, 0.4) is 0 Å². The number of rotatable bonds is 6. The van der Waals surface area contributed by atoms with Gasteiger partial charge >= 0.3 is 0 Å². The van der Waals surface area contributed by atoms with Crippen LogP contribution in [0, 0.1) is 11.8 Å². The van der Waals surface area contributed by atoms with Crippen molar-refractivity contribution in [3.05, 3.63) is 0 Å². The van der Waals surface area contributed by atoms with E-state index in [2.05, 4.69) is 4.72 Å². The number of likely N-dealkylation sites (tertiary alicyclic amines) is 1. The van der Waals surface area contributed by atoms with E-state index in [9.17, 15) is 13.2 Å². The molecule has 6 nitrogen and oxygen atoms in total. The molecule has 3 rings (SSSR count). The van der Waals surface area contributed by atoms with Crippen LogP contribution in [-0.2, 0) is 19.6 Å². The Labute approximate surface area is 170 Å². The van der Waals surface area contributed by atoms with Crippen molar-refractivity contribution in [1.82, 2.24) is 9.62 Å². The number of piperidine rings is 1. The molecule has 3 aliphatic rings. The smallest absolute Gasteiger partial charge is 0.219 e. The summed E-state index contributed by atoms with van der Waals surface area (Å²) in [6, 6.07) is -0.469. The summed E-state index contributed by atoms with van der Waals surface area (Å²) in [7, 11) is -3.31. The first-order valence-corrected chi connectivity index (χ1v) is 13.1. The van der Waals surface area contributed by atoms with Crippen LogP contribution in [0.15, 0.2) is 0 Å². The molecule has 2 saturated carbocycles. The predicted octanol–water partition coefficient (Wildman–Crippen LogP) is 3.07. The summed E-state index contributed by atoms with van der Waals surface area (Å²) in [5, 5.41) is 0. The Kier molecular flexibility index (Phi) is 7.79. The Morgan fingerprint density at radius 3 is 2.21 bits per heavy atom. The Morgan fingerprint density at radius 2 is 1.61 bits per heavy atom. The van der Waals surface area contributed by atoms with Crippen molar-refractivity contribution in [3.8, 4) is 0 Å². The molecule has 0 spiro atoms. The fraction of sp³-hybridized carbons (Fsp3) is 0.952. The van der Waals surface area contributed by atoms with Gasteiger partial charge in [0, 0.05) is 19.5 Å². The molecule has 0 aromatic carbocycles. The quantitative estimate of drug-likeness (QED) is 0.725. The molecule has 0 bridgehead atoms. The Bertz CT molecular complexity index is 610. The van der Waals surface area contributed by atoms with Crippen molar-refractivity contribution in [2.45, 2.75) is 95.7 Å². The van der Waals surface area contributed by atoms with Crippen molar-refractivity contribution in [2.24, 2.45) is 11.8 Å². The van der Waals surface area contributed by atoms with Gasteiger partial charge in [-0.15, -0.1) is 0 Å². The number of hydrogen-bond donors (Lipinski definition) is 1. The molecule has 1 saturated heterocycles. The molecule has 0 radical (unpaired) electrons. The van der Waals surface area contributed by atoms with Gasteiger partial charge in [0.2, 0.25) is 15.9 Å². The summed E-state index contributed by atoms with van der Waals surface area (Å²) in [6.45, 7) is 2.66. The van der Waals surface area contributed by atoms with Gasteiger partial charge in [0.05, 0.1) is 25.0 Å². The van der Waals surface area contributed by atoms with E-state index >= 15 is 0 Å². The second kappa shape index (κ2) is 9.90. The van der Waals surface area contributed by atoms with Crippen LogP contribution in [0.4, 0.5) is 0 Å². The number of amides is 1. The van der Waals surface area contributed by atoms with E-state index in [4.69, 9.17) is 4.74 Å². The van der Waals surface area contributed by atoms with Gasteiger partial charge in [0.1, 0.15) is 0 Å². The number of carbonyl (C=O) groups is 1. The van der Waals surface area contributed by atoms with Gasteiger partial charge in [-0.1, -0.05) is 32.1 Å². The van der Waals surface area contributed by atoms with Gasteiger partial charge in [-0.25, -0.2) is 13.1 Å². The van der Waals surface area contributed by atoms with Crippen molar-refractivity contribution in [1.29, 1.82) is 0 Å². The molecular formula is C21H38N2O4S. The first kappa shape index (κ1) is 22.0. The Morgan fingerprint density at radius 1 is 0.964 bits per heavy atom. The fourth-order valence-electron chi connectivity index (χ4n) is 5.63. The first-order valence-electron chi connectivity index (χ1n) is 11.2. The molecule has 162 valence electrons. The van der Waals surface area contributed by atoms with Gasteiger partial charge in [-0.3, -0.25) is 4.79 Å². The van der Waals surface area contributed by atoms with E-state index in [1.165, 1.54) is 51.2 Å². The van der Waals surface area contributed by atoms with Gasteiger partial charge in [-0.2, -0.15) is 0 Å². The minimum absolute atomic E-state index is 0.00499. The molecule has 1 aliphatic heterocycles. The molecule has 3 fully saturated rings. The molecule has 1 heterocycles. The van der Waals surface area contributed by atoms with Crippen LogP contribution in [0.25, 0.3) is 0 Å². The topological polar surface area (TPSA) is 75.7 Å². The maximum atomic E-state index is 12.1. The number of hydrogen-bond acceptors (Lipinski definition) is 4. The largest absolute Gasteiger partial charge is 0.376 e. The highest BCUT2D eigenvalue weighted by atomic mass is 32.2. The van der Waals surface area contributed by atoms with Crippen molar-refractivity contribution >= 4 is 15.9 Å². The monoisotopic (exact) mass is 414 g/mol. The van der Waals surface area contributed by atoms with E-state index in [1.54, 1.807) is 11.8 Å². The van der Waals surface area contributed by atoms with Crippen molar-refractivity contribution in [2.75, 3.05) is 19.4 Å². The summed E-state index contributed by atoms with van der Waals surface area (Å²) < 4.78 is 32.5. The highest BCUT2D eigenvalue weighted by Crippen LogP contribution is 2.39. The lowest BCUT2D eigenvalue weighted by molar-refractivity contribution is -0.136. The van der Waals surface area contributed by atoms with Crippen LogP contribution in [0.5, 0.6) is 0 Å².